The minimum absolute atomic E-state index is 0.266. The molecule has 6 nitrogen and oxygen atoms in total. The van der Waals surface area contributed by atoms with Gasteiger partial charge in [-0.1, -0.05) is 24.3 Å². The van der Waals surface area contributed by atoms with Crippen LogP contribution in [-0.4, -0.2) is 31.8 Å². The van der Waals surface area contributed by atoms with Gasteiger partial charge in [-0.2, -0.15) is 4.31 Å². The summed E-state index contributed by atoms with van der Waals surface area (Å²) < 4.78 is 33.1. The number of thiophene rings is 1. The largest absolute Gasteiger partial charge is 0.493 e. The van der Waals surface area contributed by atoms with Crippen molar-refractivity contribution in [2.75, 3.05) is 18.5 Å². The fourth-order valence-electron chi connectivity index (χ4n) is 3.49. The Kier molecular flexibility index (Phi) is 5.90. The maximum atomic E-state index is 12.9. The molecule has 156 valence electrons. The van der Waals surface area contributed by atoms with E-state index in [0.717, 1.165) is 11.1 Å². The highest BCUT2D eigenvalue weighted by molar-refractivity contribution is 7.91. The van der Waals surface area contributed by atoms with Gasteiger partial charge in [0.05, 0.1) is 12.2 Å². The maximum Gasteiger partial charge on any atom is 0.259 e. The van der Waals surface area contributed by atoms with Crippen molar-refractivity contribution in [3.05, 3.63) is 76.7 Å². The van der Waals surface area contributed by atoms with Gasteiger partial charge in [0.15, 0.2) is 0 Å². The minimum atomic E-state index is -3.50. The van der Waals surface area contributed by atoms with Crippen molar-refractivity contribution >= 4 is 33.0 Å². The lowest BCUT2D eigenvalue weighted by Crippen LogP contribution is -2.35. The fourth-order valence-corrected chi connectivity index (χ4v) is 6.05. The Morgan fingerprint density at radius 2 is 1.97 bits per heavy atom. The average Bonchev–Trinajstić information content (AvgIpc) is 3.30. The van der Waals surface area contributed by atoms with Crippen LogP contribution in [0.2, 0.25) is 0 Å². The van der Waals surface area contributed by atoms with Gasteiger partial charge in [0.2, 0.25) is 0 Å². The monoisotopic (exact) mass is 442 g/mol. The minimum Gasteiger partial charge on any atom is -0.493 e. The van der Waals surface area contributed by atoms with Crippen molar-refractivity contribution in [1.29, 1.82) is 0 Å². The van der Waals surface area contributed by atoms with E-state index < -0.39 is 10.0 Å². The number of carbonyl (C=O) groups is 1. The Morgan fingerprint density at radius 3 is 2.73 bits per heavy atom. The lowest BCUT2D eigenvalue weighted by atomic mass is 10.0. The van der Waals surface area contributed by atoms with E-state index >= 15 is 0 Å². The normalized spacial score (nSPS) is 14.2. The zero-order valence-electron chi connectivity index (χ0n) is 16.5. The third-order valence-electron chi connectivity index (χ3n) is 4.96. The van der Waals surface area contributed by atoms with E-state index in [1.54, 1.807) is 35.7 Å². The van der Waals surface area contributed by atoms with E-state index in [1.807, 2.05) is 31.2 Å². The van der Waals surface area contributed by atoms with Crippen LogP contribution in [0, 0.1) is 0 Å². The number of para-hydroxylation sites is 1. The molecule has 0 saturated carbocycles. The number of hydrogen-bond donors (Lipinski definition) is 1. The third kappa shape index (κ3) is 4.12. The summed E-state index contributed by atoms with van der Waals surface area (Å²) >= 11 is 1.22. The second-order valence-electron chi connectivity index (χ2n) is 6.89. The molecule has 30 heavy (non-hydrogen) atoms. The first-order chi connectivity index (χ1) is 14.5. The molecular formula is C22H22N2O4S2. The molecule has 0 saturated heterocycles. The van der Waals surface area contributed by atoms with Crippen LogP contribution < -0.4 is 10.1 Å². The lowest BCUT2D eigenvalue weighted by Gasteiger charge is -2.28. The molecular weight excluding hydrogens is 420 g/mol. The zero-order valence-corrected chi connectivity index (χ0v) is 18.1. The second-order valence-corrected chi connectivity index (χ2v) is 10.00. The number of ether oxygens (including phenoxy) is 1. The molecule has 8 heteroatoms. The Balaban J connectivity index is 1.54. The highest BCUT2D eigenvalue weighted by atomic mass is 32.2. The standard InChI is InChI=1S/C22H22N2O4S2/c1-2-28-20-7-4-3-6-19(20)22(25)23-18-10-9-16-11-12-24(15-17(16)14-18)30(26,27)21-8-5-13-29-21/h3-10,13-14H,2,11-12,15H2,1H3,(H,23,25). The van der Waals surface area contributed by atoms with Gasteiger partial charge in [0, 0.05) is 18.8 Å². The first-order valence-electron chi connectivity index (χ1n) is 9.67. The van der Waals surface area contributed by atoms with E-state index in [4.69, 9.17) is 4.74 Å². The summed E-state index contributed by atoms with van der Waals surface area (Å²) in [6, 6.07) is 16.1. The number of rotatable bonds is 6. The van der Waals surface area contributed by atoms with Crippen molar-refractivity contribution in [3.8, 4) is 5.75 Å². The molecule has 0 bridgehead atoms. The van der Waals surface area contributed by atoms with Crippen LogP contribution in [0.15, 0.2) is 64.2 Å². The first kappa shape index (κ1) is 20.6. The lowest BCUT2D eigenvalue weighted by molar-refractivity contribution is 0.102. The van der Waals surface area contributed by atoms with Crippen molar-refractivity contribution < 1.29 is 17.9 Å². The quantitative estimate of drug-likeness (QED) is 0.622. The van der Waals surface area contributed by atoms with Crippen LogP contribution in [0.3, 0.4) is 0 Å². The average molecular weight is 443 g/mol. The Morgan fingerprint density at radius 1 is 1.13 bits per heavy atom. The van der Waals surface area contributed by atoms with Gasteiger partial charge in [-0.3, -0.25) is 4.79 Å². The number of fused-ring (bicyclic) bond motifs is 1. The zero-order chi connectivity index (χ0) is 21.1. The van der Waals surface area contributed by atoms with E-state index in [2.05, 4.69) is 5.32 Å². The number of amides is 1. The van der Waals surface area contributed by atoms with Gasteiger partial charge in [-0.25, -0.2) is 8.42 Å². The number of nitrogens with zero attached hydrogens (tertiary/aromatic N) is 1. The van der Waals surface area contributed by atoms with Crippen molar-refractivity contribution in [1.82, 2.24) is 4.31 Å². The fraction of sp³-hybridized carbons (Fsp3) is 0.227. The van der Waals surface area contributed by atoms with Crippen LogP contribution >= 0.6 is 11.3 Å². The molecule has 3 aromatic rings. The molecule has 0 fully saturated rings. The van der Waals surface area contributed by atoms with Gasteiger partial charge < -0.3 is 10.1 Å². The maximum absolute atomic E-state index is 12.9. The molecule has 0 radical (unpaired) electrons. The summed E-state index contributed by atoms with van der Waals surface area (Å²) in [5, 5.41) is 4.67. The molecule has 1 aromatic heterocycles. The molecule has 1 aliphatic rings. The van der Waals surface area contributed by atoms with Crippen molar-refractivity contribution in [3.63, 3.8) is 0 Å². The summed E-state index contributed by atoms with van der Waals surface area (Å²) in [7, 11) is -3.50. The topological polar surface area (TPSA) is 75.7 Å². The summed E-state index contributed by atoms with van der Waals surface area (Å²) in [6.07, 6.45) is 0.640. The highest BCUT2D eigenvalue weighted by Crippen LogP contribution is 2.29. The molecule has 4 rings (SSSR count). The number of carbonyl (C=O) groups excluding carboxylic acids is 1. The molecule has 2 heterocycles. The number of nitrogens with one attached hydrogen (secondary N) is 1. The molecule has 0 spiro atoms. The Hall–Kier alpha value is -2.68. The molecule has 0 unspecified atom stereocenters. The van der Waals surface area contributed by atoms with Gasteiger partial charge in [-0.05, 0) is 60.2 Å². The molecule has 1 aliphatic heterocycles. The molecule has 2 aromatic carbocycles. The first-order valence-corrected chi connectivity index (χ1v) is 12.0. The van der Waals surface area contributed by atoms with Gasteiger partial charge in [0.25, 0.3) is 15.9 Å². The second kappa shape index (κ2) is 8.59. The number of hydrogen-bond acceptors (Lipinski definition) is 5. The predicted molar refractivity (Wildman–Crippen MR) is 118 cm³/mol. The van der Waals surface area contributed by atoms with Crippen LogP contribution in [0.5, 0.6) is 5.75 Å². The number of benzene rings is 2. The SMILES string of the molecule is CCOc1ccccc1C(=O)Nc1ccc2c(c1)CN(S(=O)(=O)c1cccs1)CC2. The molecule has 1 N–H and O–H groups in total. The summed E-state index contributed by atoms with van der Waals surface area (Å²) in [4.78, 5) is 12.8. The summed E-state index contributed by atoms with van der Waals surface area (Å²) in [6.45, 7) is 3.07. The molecule has 1 amide bonds. The van der Waals surface area contributed by atoms with E-state index in [1.165, 1.54) is 15.6 Å². The Bertz CT molecular complexity index is 1160. The van der Waals surface area contributed by atoms with Gasteiger partial charge >= 0.3 is 0 Å². The van der Waals surface area contributed by atoms with Gasteiger partial charge in [-0.15, -0.1) is 11.3 Å². The van der Waals surface area contributed by atoms with Gasteiger partial charge in [0.1, 0.15) is 9.96 Å². The smallest absolute Gasteiger partial charge is 0.259 e. The predicted octanol–water partition coefficient (Wildman–Crippen LogP) is 4.15. The Labute approximate surface area is 180 Å². The van der Waals surface area contributed by atoms with E-state index in [-0.39, 0.29) is 12.5 Å². The van der Waals surface area contributed by atoms with Crippen LogP contribution in [0.4, 0.5) is 5.69 Å². The van der Waals surface area contributed by atoms with E-state index in [9.17, 15) is 13.2 Å². The van der Waals surface area contributed by atoms with E-state index in [0.29, 0.717) is 40.8 Å². The van der Waals surface area contributed by atoms with Crippen LogP contribution in [-0.2, 0) is 23.0 Å². The highest BCUT2D eigenvalue weighted by Gasteiger charge is 2.29. The van der Waals surface area contributed by atoms with Crippen LogP contribution in [0.25, 0.3) is 0 Å². The summed E-state index contributed by atoms with van der Waals surface area (Å²) in [5.41, 5.74) is 3.08. The number of anilines is 1. The van der Waals surface area contributed by atoms with Crippen LogP contribution in [0.1, 0.15) is 28.4 Å². The summed E-state index contributed by atoms with van der Waals surface area (Å²) in [5.74, 6) is 0.265. The third-order valence-corrected chi connectivity index (χ3v) is 8.18. The molecule has 0 aliphatic carbocycles. The van der Waals surface area contributed by atoms with Crippen molar-refractivity contribution in [2.45, 2.75) is 24.1 Å². The number of sulfonamides is 1. The molecule has 0 atom stereocenters. The van der Waals surface area contributed by atoms with Crippen molar-refractivity contribution in [2.24, 2.45) is 0 Å².